The summed E-state index contributed by atoms with van der Waals surface area (Å²) in [6.45, 7) is 3.66. The molecule has 0 aromatic carbocycles. The van der Waals surface area contributed by atoms with Gasteiger partial charge in [0.05, 0.1) is 11.9 Å². The molecular formula is C12H22N6O. The van der Waals surface area contributed by atoms with Crippen molar-refractivity contribution in [2.24, 2.45) is 17.4 Å². The Hall–Kier alpha value is -1.47. The highest BCUT2D eigenvalue weighted by Gasteiger charge is 2.18. The fraction of sp³-hybridized carbons (Fsp3) is 0.750. The summed E-state index contributed by atoms with van der Waals surface area (Å²) in [7, 11) is 0. The van der Waals surface area contributed by atoms with E-state index in [0.29, 0.717) is 5.92 Å². The summed E-state index contributed by atoms with van der Waals surface area (Å²) in [6, 6.07) is 0. The highest BCUT2D eigenvalue weighted by molar-refractivity contribution is 5.73. The van der Waals surface area contributed by atoms with Crippen molar-refractivity contribution in [1.82, 2.24) is 19.9 Å². The van der Waals surface area contributed by atoms with Crippen molar-refractivity contribution < 1.29 is 4.79 Å². The lowest BCUT2D eigenvalue weighted by atomic mass is 10.0. The van der Waals surface area contributed by atoms with Crippen molar-refractivity contribution in [3.8, 4) is 0 Å². The lowest BCUT2D eigenvalue weighted by Gasteiger charge is -2.22. The van der Waals surface area contributed by atoms with Crippen molar-refractivity contribution in [2.45, 2.75) is 32.4 Å². The summed E-state index contributed by atoms with van der Waals surface area (Å²) >= 11 is 0. The van der Waals surface area contributed by atoms with Gasteiger partial charge in [-0.05, 0) is 31.8 Å². The smallest absolute Gasteiger partial charge is 0.239 e. The summed E-state index contributed by atoms with van der Waals surface area (Å²) in [5, 5.41) is 7.98. The highest BCUT2D eigenvalue weighted by Crippen LogP contribution is 2.16. The number of hydrogen-bond acceptors (Lipinski definition) is 5. The summed E-state index contributed by atoms with van der Waals surface area (Å²) < 4.78 is 1.48. The Morgan fingerprint density at radius 1 is 1.47 bits per heavy atom. The number of likely N-dealkylation sites (tertiary alicyclic amines) is 1. The third kappa shape index (κ3) is 4.29. The molecule has 1 saturated heterocycles. The van der Waals surface area contributed by atoms with Gasteiger partial charge in [0.1, 0.15) is 6.54 Å². The predicted octanol–water partition coefficient (Wildman–Crippen LogP) is -0.676. The maximum Gasteiger partial charge on any atom is 0.239 e. The minimum absolute atomic E-state index is 0.0818. The van der Waals surface area contributed by atoms with Gasteiger partial charge in [0, 0.05) is 13.1 Å². The largest absolute Gasteiger partial charge is 0.368 e. The number of amides is 1. The van der Waals surface area contributed by atoms with Crippen LogP contribution < -0.4 is 11.5 Å². The zero-order valence-corrected chi connectivity index (χ0v) is 11.2. The molecule has 2 heterocycles. The van der Waals surface area contributed by atoms with Crippen LogP contribution >= 0.6 is 0 Å². The van der Waals surface area contributed by atoms with E-state index in [0.717, 1.165) is 31.9 Å². The second kappa shape index (κ2) is 6.63. The van der Waals surface area contributed by atoms with Crippen molar-refractivity contribution >= 4 is 5.91 Å². The monoisotopic (exact) mass is 266 g/mol. The Labute approximate surface area is 112 Å². The van der Waals surface area contributed by atoms with Crippen LogP contribution in [0.25, 0.3) is 0 Å². The number of primary amides is 1. The van der Waals surface area contributed by atoms with E-state index >= 15 is 0 Å². The van der Waals surface area contributed by atoms with Crippen LogP contribution in [0, 0.1) is 5.92 Å². The molecule has 1 unspecified atom stereocenters. The Balaban J connectivity index is 1.91. The van der Waals surface area contributed by atoms with Gasteiger partial charge in [0.25, 0.3) is 0 Å². The van der Waals surface area contributed by atoms with Gasteiger partial charge in [-0.25, -0.2) is 4.68 Å². The molecular weight excluding hydrogens is 244 g/mol. The Bertz CT molecular complexity index is 418. The van der Waals surface area contributed by atoms with Gasteiger partial charge >= 0.3 is 0 Å². The van der Waals surface area contributed by atoms with E-state index in [1.165, 1.54) is 23.9 Å². The van der Waals surface area contributed by atoms with Gasteiger partial charge in [0.15, 0.2) is 0 Å². The minimum atomic E-state index is -0.408. The molecule has 19 heavy (non-hydrogen) atoms. The Morgan fingerprint density at radius 2 is 2.32 bits per heavy atom. The number of carbonyl (C=O) groups is 1. The van der Waals surface area contributed by atoms with Crippen molar-refractivity contribution in [3.63, 3.8) is 0 Å². The quantitative estimate of drug-likeness (QED) is 0.735. The fourth-order valence-electron chi connectivity index (χ4n) is 2.53. The molecule has 1 aromatic heterocycles. The molecule has 7 heteroatoms. The van der Waals surface area contributed by atoms with Crippen LogP contribution in [0.4, 0.5) is 0 Å². The van der Waals surface area contributed by atoms with E-state index in [2.05, 4.69) is 15.2 Å². The second-order valence-electron chi connectivity index (χ2n) is 5.21. The molecule has 1 aromatic rings. The zero-order valence-electron chi connectivity index (χ0n) is 11.2. The first kappa shape index (κ1) is 14.0. The summed E-state index contributed by atoms with van der Waals surface area (Å²) in [4.78, 5) is 13.2. The molecule has 0 radical (unpaired) electrons. The van der Waals surface area contributed by atoms with Crippen LogP contribution in [0.15, 0.2) is 6.20 Å². The van der Waals surface area contributed by atoms with Crippen LogP contribution in [0.1, 0.15) is 25.0 Å². The molecule has 1 fully saturated rings. The standard InChI is InChI=1S/C12H22N6O/c13-5-10-3-1-2-4-17(6-10)7-11-8-18(16-15-11)9-12(14)19/h8,10H,1-7,9,13H2,(H2,14,19). The third-order valence-corrected chi connectivity index (χ3v) is 3.48. The number of aromatic nitrogens is 3. The average Bonchev–Trinajstić information content (AvgIpc) is 2.66. The van der Waals surface area contributed by atoms with Gasteiger partial charge < -0.3 is 11.5 Å². The number of rotatable bonds is 5. The lowest BCUT2D eigenvalue weighted by molar-refractivity contribution is -0.118. The first-order valence-electron chi connectivity index (χ1n) is 6.77. The first-order chi connectivity index (χ1) is 9.17. The van der Waals surface area contributed by atoms with E-state index in [9.17, 15) is 4.79 Å². The molecule has 0 spiro atoms. The van der Waals surface area contributed by atoms with Crippen molar-refractivity contribution in [1.29, 1.82) is 0 Å². The van der Waals surface area contributed by atoms with Gasteiger partial charge in [-0.3, -0.25) is 9.69 Å². The first-order valence-corrected chi connectivity index (χ1v) is 6.77. The molecule has 1 aliphatic heterocycles. The van der Waals surface area contributed by atoms with Crippen LogP contribution in [0.2, 0.25) is 0 Å². The van der Waals surface area contributed by atoms with Crippen LogP contribution in [0.5, 0.6) is 0 Å². The molecule has 0 saturated carbocycles. The van der Waals surface area contributed by atoms with E-state index < -0.39 is 5.91 Å². The highest BCUT2D eigenvalue weighted by atomic mass is 16.1. The Morgan fingerprint density at radius 3 is 3.05 bits per heavy atom. The SMILES string of the molecule is NCC1CCCCN(Cc2cn(CC(N)=O)nn2)C1. The fourth-order valence-corrected chi connectivity index (χ4v) is 2.53. The zero-order chi connectivity index (χ0) is 13.7. The summed E-state index contributed by atoms with van der Waals surface area (Å²) in [6.07, 6.45) is 5.44. The maximum absolute atomic E-state index is 10.8. The number of nitrogens with two attached hydrogens (primary N) is 2. The van der Waals surface area contributed by atoms with Crippen LogP contribution in [0.3, 0.4) is 0 Å². The van der Waals surface area contributed by atoms with Crippen LogP contribution in [-0.2, 0) is 17.9 Å². The molecule has 1 amide bonds. The van der Waals surface area contributed by atoms with Gasteiger partial charge in [-0.2, -0.15) is 0 Å². The average molecular weight is 266 g/mol. The molecule has 7 nitrogen and oxygen atoms in total. The van der Waals surface area contributed by atoms with E-state index in [4.69, 9.17) is 11.5 Å². The molecule has 0 bridgehead atoms. The third-order valence-electron chi connectivity index (χ3n) is 3.48. The minimum Gasteiger partial charge on any atom is -0.368 e. The lowest BCUT2D eigenvalue weighted by Crippen LogP contribution is -2.31. The van der Waals surface area contributed by atoms with Gasteiger partial charge in [-0.15, -0.1) is 5.10 Å². The molecule has 106 valence electrons. The molecule has 1 aliphatic rings. The molecule has 0 aliphatic carbocycles. The van der Waals surface area contributed by atoms with Gasteiger partial charge in [-0.1, -0.05) is 11.6 Å². The van der Waals surface area contributed by atoms with Crippen molar-refractivity contribution in [3.05, 3.63) is 11.9 Å². The molecule has 1 atom stereocenters. The van der Waals surface area contributed by atoms with Crippen molar-refractivity contribution in [2.75, 3.05) is 19.6 Å². The normalized spacial score (nSPS) is 21.2. The van der Waals surface area contributed by atoms with E-state index in [-0.39, 0.29) is 6.54 Å². The Kier molecular flexibility index (Phi) is 4.86. The molecule has 4 N–H and O–H groups in total. The molecule has 2 rings (SSSR count). The van der Waals surface area contributed by atoms with E-state index in [1.807, 2.05) is 0 Å². The van der Waals surface area contributed by atoms with Gasteiger partial charge in [0.2, 0.25) is 5.91 Å². The second-order valence-corrected chi connectivity index (χ2v) is 5.21. The maximum atomic E-state index is 10.8. The number of hydrogen-bond donors (Lipinski definition) is 2. The topological polar surface area (TPSA) is 103 Å². The number of carbonyl (C=O) groups excluding carboxylic acids is 1. The van der Waals surface area contributed by atoms with Crippen LogP contribution in [-0.4, -0.2) is 45.4 Å². The summed E-state index contributed by atoms with van der Waals surface area (Å²) in [5.74, 6) is 0.164. The summed E-state index contributed by atoms with van der Waals surface area (Å²) in [5.41, 5.74) is 11.8. The van der Waals surface area contributed by atoms with E-state index in [1.54, 1.807) is 6.20 Å². The number of nitrogens with zero attached hydrogens (tertiary/aromatic N) is 4. The predicted molar refractivity (Wildman–Crippen MR) is 70.9 cm³/mol.